The molecule has 0 bridgehead atoms. The van der Waals surface area contributed by atoms with Crippen LogP contribution in [0.2, 0.25) is 0 Å². The molecule has 0 aromatic carbocycles. The molecule has 1 atom stereocenters. The molecule has 0 heterocycles. The van der Waals surface area contributed by atoms with Crippen molar-refractivity contribution >= 4 is 11.9 Å². The molecule has 314 valence electrons. The number of ether oxygens (including phenoxy) is 3. The first-order valence-corrected chi connectivity index (χ1v) is 23.2. The Morgan fingerprint density at radius 1 is 0.426 bits per heavy atom. The molecule has 0 saturated heterocycles. The van der Waals surface area contributed by atoms with Gasteiger partial charge in [0, 0.05) is 19.4 Å². The van der Waals surface area contributed by atoms with Crippen LogP contribution in [0, 0.1) is 0 Å². The first-order valence-electron chi connectivity index (χ1n) is 23.2. The number of allylic oxidation sites excluding steroid dienone is 8. The van der Waals surface area contributed by atoms with Crippen molar-refractivity contribution < 1.29 is 23.8 Å². The molecule has 0 saturated carbocycles. The predicted molar refractivity (Wildman–Crippen MR) is 233 cm³/mol. The molecule has 0 N–H and O–H groups in total. The van der Waals surface area contributed by atoms with Gasteiger partial charge in [-0.1, -0.05) is 217 Å². The summed E-state index contributed by atoms with van der Waals surface area (Å²) in [6.07, 6.45) is 54.1. The zero-order valence-electron chi connectivity index (χ0n) is 36.0. The molecule has 5 heteroatoms. The highest BCUT2D eigenvalue weighted by atomic mass is 16.6. The van der Waals surface area contributed by atoms with Crippen molar-refractivity contribution in [3.8, 4) is 0 Å². The van der Waals surface area contributed by atoms with Crippen LogP contribution in [0.4, 0.5) is 0 Å². The van der Waals surface area contributed by atoms with Gasteiger partial charge < -0.3 is 14.2 Å². The zero-order chi connectivity index (χ0) is 39.3. The fraction of sp³-hybridized carbons (Fsp3) is 0.796. The van der Waals surface area contributed by atoms with E-state index in [1.807, 2.05) is 6.08 Å². The molecule has 0 fully saturated rings. The Hall–Kier alpha value is -2.14. The molecular weight excluding hydrogens is 669 g/mol. The van der Waals surface area contributed by atoms with Gasteiger partial charge in [-0.2, -0.15) is 0 Å². The van der Waals surface area contributed by atoms with E-state index in [0.29, 0.717) is 25.9 Å². The quantitative estimate of drug-likeness (QED) is 0.0353. The Kier molecular flexibility index (Phi) is 43.5. The van der Waals surface area contributed by atoms with Crippen LogP contribution in [0.25, 0.3) is 0 Å². The maximum absolute atomic E-state index is 12.7. The SMILES string of the molecule is CC/C=C\C/C=C\C/C=C\C/C=C\CCC(=O)OC(COCCCCCCCCCCCC)COC(=O)CCCCCCCCCCCCCCCCC. The van der Waals surface area contributed by atoms with Crippen molar-refractivity contribution in [2.24, 2.45) is 0 Å². The van der Waals surface area contributed by atoms with Gasteiger partial charge in [0.25, 0.3) is 0 Å². The average Bonchev–Trinajstić information content (AvgIpc) is 3.17. The predicted octanol–water partition coefficient (Wildman–Crippen LogP) is 15.2. The third kappa shape index (κ3) is 42.6. The van der Waals surface area contributed by atoms with Crippen LogP contribution in [0.3, 0.4) is 0 Å². The van der Waals surface area contributed by atoms with Crippen LogP contribution in [-0.4, -0.2) is 37.9 Å². The van der Waals surface area contributed by atoms with Gasteiger partial charge in [0.2, 0.25) is 0 Å². The van der Waals surface area contributed by atoms with Gasteiger partial charge >= 0.3 is 11.9 Å². The second-order valence-electron chi connectivity index (χ2n) is 15.3. The lowest BCUT2D eigenvalue weighted by Gasteiger charge is -2.18. The summed E-state index contributed by atoms with van der Waals surface area (Å²) in [5.41, 5.74) is 0. The largest absolute Gasteiger partial charge is 0.462 e. The molecule has 0 spiro atoms. The van der Waals surface area contributed by atoms with Crippen molar-refractivity contribution in [2.45, 2.75) is 232 Å². The Morgan fingerprint density at radius 2 is 0.833 bits per heavy atom. The lowest BCUT2D eigenvalue weighted by atomic mass is 10.0. The average molecular weight is 757 g/mol. The van der Waals surface area contributed by atoms with Crippen molar-refractivity contribution in [3.05, 3.63) is 48.6 Å². The van der Waals surface area contributed by atoms with Gasteiger partial charge in [-0.05, 0) is 44.9 Å². The van der Waals surface area contributed by atoms with E-state index in [1.54, 1.807) is 0 Å². The standard InChI is InChI=1S/C49H88O5/c1-4-7-10-13-16-19-22-24-25-27-28-30-33-36-39-42-48(50)53-46-47(45-52-44-41-38-35-32-21-18-15-12-9-6-3)54-49(51)43-40-37-34-31-29-26-23-20-17-14-11-8-5-2/h8,11,17,20,26,29,34,37,47H,4-7,9-10,12-16,18-19,21-25,27-28,30-33,35-36,38-46H2,1-3H3/b11-8-,20-17-,29-26-,37-34-. The second kappa shape index (κ2) is 45.3. The maximum Gasteiger partial charge on any atom is 0.306 e. The van der Waals surface area contributed by atoms with Gasteiger partial charge in [-0.15, -0.1) is 0 Å². The highest BCUT2D eigenvalue weighted by molar-refractivity contribution is 5.70. The molecule has 0 rings (SSSR count). The number of unbranched alkanes of at least 4 members (excludes halogenated alkanes) is 23. The van der Waals surface area contributed by atoms with Crippen LogP contribution in [-0.2, 0) is 23.8 Å². The Morgan fingerprint density at radius 3 is 1.30 bits per heavy atom. The minimum absolute atomic E-state index is 0.0608. The molecular formula is C49H88O5. The van der Waals surface area contributed by atoms with E-state index in [1.165, 1.54) is 135 Å². The summed E-state index contributed by atoms with van der Waals surface area (Å²) >= 11 is 0. The highest BCUT2D eigenvalue weighted by Crippen LogP contribution is 2.15. The van der Waals surface area contributed by atoms with Crippen molar-refractivity contribution in [1.29, 1.82) is 0 Å². The van der Waals surface area contributed by atoms with E-state index < -0.39 is 6.10 Å². The van der Waals surface area contributed by atoms with Crippen LogP contribution in [0.5, 0.6) is 0 Å². The van der Waals surface area contributed by atoms with Crippen molar-refractivity contribution in [2.75, 3.05) is 19.8 Å². The molecule has 0 aliphatic heterocycles. The van der Waals surface area contributed by atoms with E-state index in [-0.39, 0.29) is 25.2 Å². The Bertz CT molecular complexity index is 904. The van der Waals surface area contributed by atoms with Crippen LogP contribution in [0.1, 0.15) is 226 Å². The normalized spacial score (nSPS) is 12.6. The molecule has 0 radical (unpaired) electrons. The van der Waals surface area contributed by atoms with Gasteiger partial charge in [0.15, 0.2) is 6.10 Å². The summed E-state index contributed by atoms with van der Waals surface area (Å²) in [5.74, 6) is -0.483. The number of hydrogen-bond acceptors (Lipinski definition) is 5. The van der Waals surface area contributed by atoms with E-state index in [4.69, 9.17) is 14.2 Å². The van der Waals surface area contributed by atoms with Gasteiger partial charge in [-0.25, -0.2) is 0 Å². The smallest absolute Gasteiger partial charge is 0.306 e. The summed E-state index contributed by atoms with van der Waals surface area (Å²) in [5, 5.41) is 0. The van der Waals surface area contributed by atoms with Gasteiger partial charge in [-0.3, -0.25) is 9.59 Å². The maximum atomic E-state index is 12.7. The minimum atomic E-state index is -0.567. The highest BCUT2D eigenvalue weighted by Gasteiger charge is 2.17. The lowest BCUT2D eigenvalue weighted by Crippen LogP contribution is -2.30. The number of carbonyl (C=O) groups excluding carboxylic acids is 2. The summed E-state index contributed by atoms with van der Waals surface area (Å²) in [7, 11) is 0. The van der Waals surface area contributed by atoms with Crippen molar-refractivity contribution in [1.82, 2.24) is 0 Å². The zero-order valence-corrected chi connectivity index (χ0v) is 36.0. The first kappa shape index (κ1) is 51.9. The Labute approximate surface area is 335 Å². The van der Waals surface area contributed by atoms with E-state index >= 15 is 0 Å². The van der Waals surface area contributed by atoms with Crippen LogP contribution < -0.4 is 0 Å². The summed E-state index contributed by atoms with van der Waals surface area (Å²) in [4.78, 5) is 25.2. The number of rotatable bonds is 42. The van der Waals surface area contributed by atoms with E-state index in [9.17, 15) is 9.59 Å². The van der Waals surface area contributed by atoms with E-state index in [0.717, 1.165) is 51.4 Å². The third-order valence-electron chi connectivity index (χ3n) is 9.89. The first-order chi connectivity index (χ1) is 26.6. The second-order valence-corrected chi connectivity index (χ2v) is 15.3. The van der Waals surface area contributed by atoms with Crippen LogP contribution >= 0.6 is 0 Å². The molecule has 0 aromatic heterocycles. The topological polar surface area (TPSA) is 61.8 Å². The molecule has 5 nitrogen and oxygen atoms in total. The third-order valence-corrected chi connectivity index (χ3v) is 9.89. The lowest BCUT2D eigenvalue weighted by molar-refractivity contribution is -0.162. The summed E-state index contributed by atoms with van der Waals surface area (Å²) in [6, 6.07) is 0. The molecule has 1 unspecified atom stereocenters. The van der Waals surface area contributed by atoms with Gasteiger partial charge in [0.1, 0.15) is 6.61 Å². The monoisotopic (exact) mass is 757 g/mol. The number of carbonyl (C=O) groups is 2. The van der Waals surface area contributed by atoms with Crippen molar-refractivity contribution in [3.63, 3.8) is 0 Å². The minimum Gasteiger partial charge on any atom is -0.462 e. The molecule has 0 aliphatic carbocycles. The molecule has 54 heavy (non-hydrogen) atoms. The fourth-order valence-corrected chi connectivity index (χ4v) is 6.46. The van der Waals surface area contributed by atoms with Gasteiger partial charge in [0.05, 0.1) is 6.61 Å². The number of hydrogen-bond donors (Lipinski definition) is 0. The van der Waals surface area contributed by atoms with E-state index in [2.05, 4.69) is 63.3 Å². The molecule has 0 aliphatic rings. The molecule has 0 aromatic rings. The van der Waals surface area contributed by atoms with Crippen LogP contribution in [0.15, 0.2) is 48.6 Å². The molecule has 0 amide bonds. The summed E-state index contributed by atoms with van der Waals surface area (Å²) < 4.78 is 17.2. The Balaban J connectivity index is 4.29. The summed E-state index contributed by atoms with van der Waals surface area (Å²) in [6.45, 7) is 7.65. The number of esters is 2. The fourth-order valence-electron chi connectivity index (χ4n) is 6.46.